The molecule has 8 heavy (non-hydrogen) atoms. The number of hydrogen-bond acceptors (Lipinski definition) is 3. The largest absolute Gasteiger partial charge is 0.367 e. The fourth-order valence-electron chi connectivity index (χ4n) is 0.179. The van der Waals surface area contributed by atoms with E-state index in [1.165, 1.54) is 0 Å². The van der Waals surface area contributed by atoms with E-state index < -0.39 is 11.5 Å². The predicted octanol–water partition coefficient (Wildman–Crippen LogP) is -1.06. The van der Waals surface area contributed by atoms with Crippen LogP contribution < -0.4 is 5.32 Å². The molecule has 5 heteroatoms. The van der Waals surface area contributed by atoms with E-state index in [0.29, 0.717) is 0 Å². The minimum Gasteiger partial charge on any atom is -0.367 e. The van der Waals surface area contributed by atoms with Crippen LogP contribution in [0.5, 0.6) is 0 Å². The molecule has 0 heterocycles. The van der Waals surface area contributed by atoms with Crippen molar-refractivity contribution < 1.29 is 15.0 Å². The van der Waals surface area contributed by atoms with E-state index in [1.54, 1.807) is 0 Å². The van der Waals surface area contributed by atoms with Crippen LogP contribution in [-0.2, 0) is 0 Å². The molecule has 0 fully saturated rings. The molecule has 0 aromatic carbocycles. The van der Waals surface area contributed by atoms with Crippen LogP contribution in [-0.4, -0.2) is 28.3 Å². The molecule has 3 N–H and O–H groups in total. The number of amides is 1. The maximum Gasteiger partial charge on any atom is 0.276 e. The zero-order chi connectivity index (χ0) is 6.57. The first kappa shape index (κ1) is 7.74. The average molecular weight is 137 g/mol. The van der Waals surface area contributed by atoms with Gasteiger partial charge in [0.15, 0.2) is 6.29 Å². The standard InChI is InChI=1S/C3H7NO3S/c5-2(6)1-4-3(7)8/h2,5-6H,1H2,(H2,4,7,8). The Morgan fingerprint density at radius 1 is 1.75 bits per heavy atom. The van der Waals surface area contributed by atoms with E-state index in [4.69, 9.17) is 10.2 Å². The summed E-state index contributed by atoms with van der Waals surface area (Å²) in [5.74, 6) is 0. The lowest BCUT2D eigenvalue weighted by atomic mass is 10.6. The molecular formula is C3H7NO3S. The first-order valence-electron chi connectivity index (χ1n) is 1.96. The van der Waals surface area contributed by atoms with Crippen LogP contribution in [0.15, 0.2) is 0 Å². The molecule has 1 amide bonds. The molecule has 48 valence electrons. The van der Waals surface area contributed by atoms with Gasteiger partial charge in [0, 0.05) is 0 Å². The minimum absolute atomic E-state index is 0.178. The number of carbonyl (C=O) groups excluding carboxylic acids is 1. The zero-order valence-electron chi connectivity index (χ0n) is 4.03. The van der Waals surface area contributed by atoms with Crippen molar-refractivity contribution >= 4 is 17.9 Å². The molecule has 0 aromatic heterocycles. The summed E-state index contributed by atoms with van der Waals surface area (Å²) >= 11 is 3.30. The van der Waals surface area contributed by atoms with Gasteiger partial charge in [0.2, 0.25) is 0 Å². The number of carbonyl (C=O) groups is 1. The first-order chi connectivity index (χ1) is 3.63. The molecule has 0 bridgehead atoms. The fraction of sp³-hybridized carbons (Fsp3) is 0.667. The predicted molar refractivity (Wildman–Crippen MR) is 30.6 cm³/mol. The quantitative estimate of drug-likeness (QED) is 0.289. The lowest BCUT2D eigenvalue weighted by Crippen LogP contribution is -2.27. The second-order valence-electron chi connectivity index (χ2n) is 1.17. The normalized spacial score (nSPS) is 9.50. The van der Waals surface area contributed by atoms with Crippen molar-refractivity contribution in [3.05, 3.63) is 0 Å². The molecule has 0 aliphatic heterocycles. The summed E-state index contributed by atoms with van der Waals surface area (Å²) in [6.07, 6.45) is -1.49. The highest BCUT2D eigenvalue weighted by atomic mass is 32.1. The van der Waals surface area contributed by atoms with Gasteiger partial charge in [-0.05, 0) is 0 Å². The van der Waals surface area contributed by atoms with Crippen LogP contribution in [0.1, 0.15) is 0 Å². The summed E-state index contributed by atoms with van der Waals surface area (Å²) in [6.45, 7) is -0.178. The fourth-order valence-corrected chi connectivity index (χ4v) is 0.270. The monoisotopic (exact) mass is 137 g/mol. The Kier molecular flexibility index (Phi) is 3.59. The third kappa shape index (κ3) is 5.74. The van der Waals surface area contributed by atoms with E-state index in [9.17, 15) is 4.79 Å². The van der Waals surface area contributed by atoms with Gasteiger partial charge in [0.1, 0.15) is 0 Å². The number of nitrogens with one attached hydrogen (secondary N) is 1. The van der Waals surface area contributed by atoms with Gasteiger partial charge in [-0.2, -0.15) is 0 Å². The average Bonchev–Trinajstić information content (AvgIpc) is 1.61. The molecule has 0 radical (unpaired) electrons. The molecule has 0 saturated carbocycles. The molecule has 0 spiro atoms. The summed E-state index contributed by atoms with van der Waals surface area (Å²) in [6, 6.07) is 0. The number of aliphatic hydroxyl groups is 2. The number of hydrogen-bond donors (Lipinski definition) is 4. The van der Waals surface area contributed by atoms with Crippen molar-refractivity contribution in [1.29, 1.82) is 0 Å². The molecule has 0 aromatic rings. The number of thiol groups is 1. The second kappa shape index (κ2) is 3.71. The summed E-state index contributed by atoms with van der Waals surface area (Å²) in [7, 11) is 0. The van der Waals surface area contributed by atoms with E-state index in [1.807, 2.05) is 0 Å². The molecule has 0 unspecified atom stereocenters. The van der Waals surface area contributed by atoms with E-state index in [2.05, 4.69) is 17.9 Å². The first-order valence-corrected chi connectivity index (χ1v) is 2.40. The van der Waals surface area contributed by atoms with Crippen LogP contribution >= 0.6 is 12.6 Å². The molecule has 0 saturated heterocycles. The Bertz CT molecular complexity index is 84.6. The molecule has 0 atom stereocenters. The van der Waals surface area contributed by atoms with Gasteiger partial charge in [-0.3, -0.25) is 4.79 Å². The maximum absolute atomic E-state index is 9.88. The molecule has 0 rings (SSSR count). The summed E-state index contributed by atoms with van der Waals surface area (Å²) < 4.78 is 0. The molecule has 4 nitrogen and oxygen atoms in total. The number of aliphatic hydroxyl groups excluding tert-OH is 1. The highest BCUT2D eigenvalue weighted by molar-refractivity contribution is 7.96. The molecule has 0 aliphatic rings. The van der Waals surface area contributed by atoms with Gasteiger partial charge < -0.3 is 15.5 Å². The second-order valence-corrected chi connectivity index (χ2v) is 1.57. The third-order valence-electron chi connectivity index (χ3n) is 0.436. The molecular weight excluding hydrogens is 130 g/mol. The highest BCUT2D eigenvalue weighted by Crippen LogP contribution is 1.75. The van der Waals surface area contributed by atoms with Crippen molar-refractivity contribution in [2.24, 2.45) is 0 Å². The van der Waals surface area contributed by atoms with Gasteiger partial charge in [0.05, 0.1) is 6.54 Å². The highest BCUT2D eigenvalue weighted by Gasteiger charge is 1.96. The van der Waals surface area contributed by atoms with Crippen molar-refractivity contribution in [3.63, 3.8) is 0 Å². The lowest BCUT2D eigenvalue weighted by Gasteiger charge is -2.00. The van der Waals surface area contributed by atoms with Crippen LogP contribution in [0.4, 0.5) is 4.79 Å². The van der Waals surface area contributed by atoms with Crippen molar-refractivity contribution in [2.75, 3.05) is 6.54 Å². The Balaban J connectivity index is 3.05. The van der Waals surface area contributed by atoms with E-state index in [0.717, 1.165) is 0 Å². The van der Waals surface area contributed by atoms with Gasteiger partial charge in [0.25, 0.3) is 5.24 Å². The van der Waals surface area contributed by atoms with Crippen molar-refractivity contribution in [3.8, 4) is 0 Å². The topological polar surface area (TPSA) is 69.6 Å². The summed E-state index contributed by atoms with van der Waals surface area (Å²) in [5, 5.41) is 17.7. The van der Waals surface area contributed by atoms with Crippen LogP contribution in [0.25, 0.3) is 0 Å². The van der Waals surface area contributed by atoms with E-state index >= 15 is 0 Å². The number of rotatable bonds is 2. The minimum atomic E-state index is -1.49. The zero-order valence-corrected chi connectivity index (χ0v) is 4.93. The van der Waals surface area contributed by atoms with Crippen molar-refractivity contribution in [2.45, 2.75) is 6.29 Å². The van der Waals surface area contributed by atoms with Crippen LogP contribution in [0.2, 0.25) is 0 Å². The summed E-state index contributed by atoms with van der Waals surface area (Å²) in [5.41, 5.74) is 0. The third-order valence-corrected chi connectivity index (χ3v) is 0.594. The smallest absolute Gasteiger partial charge is 0.276 e. The Morgan fingerprint density at radius 2 is 2.25 bits per heavy atom. The Hall–Kier alpha value is -0.260. The maximum atomic E-state index is 9.88. The Morgan fingerprint density at radius 3 is 2.38 bits per heavy atom. The van der Waals surface area contributed by atoms with Gasteiger partial charge >= 0.3 is 0 Å². The molecule has 0 aliphatic carbocycles. The Labute approximate surface area is 51.9 Å². The SMILES string of the molecule is O=C(S)NCC(O)O. The van der Waals surface area contributed by atoms with Crippen LogP contribution in [0.3, 0.4) is 0 Å². The van der Waals surface area contributed by atoms with E-state index in [-0.39, 0.29) is 6.54 Å². The van der Waals surface area contributed by atoms with Crippen molar-refractivity contribution in [1.82, 2.24) is 5.32 Å². The van der Waals surface area contributed by atoms with Gasteiger partial charge in [-0.15, -0.1) is 0 Å². The van der Waals surface area contributed by atoms with Gasteiger partial charge in [-0.1, -0.05) is 12.6 Å². The summed E-state index contributed by atoms with van der Waals surface area (Å²) in [4.78, 5) is 9.88. The van der Waals surface area contributed by atoms with Gasteiger partial charge in [-0.25, -0.2) is 0 Å². The van der Waals surface area contributed by atoms with Crippen LogP contribution in [0, 0.1) is 0 Å². The lowest BCUT2D eigenvalue weighted by molar-refractivity contribution is -0.0347.